The summed E-state index contributed by atoms with van der Waals surface area (Å²) in [6.45, 7) is 0.311. The lowest BCUT2D eigenvalue weighted by Crippen LogP contribution is -2.53. The van der Waals surface area contributed by atoms with Crippen LogP contribution in [-0.2, 0) is 25.3 Å². The van der Waals surface area contributed by atoms with Crippen LogP contribution in [0.4, 0.5) is 18.9 Å². The molecule has 3 amide bonds. The molecule has 10 heteroatoms. The molecule has 0 bridgehead atoms. The minimum absolute atomic E-state index is 0.0610. The van der Waals surface area contributed by atoms with Gasteiger partial charge < -0.3 is 14.5 Å². The van der Waals surface area contributed by atoms with Crippen molar-refractivity contribution < 1.29 is 32.3 Å². The maximum Gasteiger partial charge on any atom is 0.416 e. The van der Waals surface area contributed by atoms with Gasteiger partial charge in [0.2, 0.25) is 11.8 Å². The Labute approximate surface area is 165 Å². The molecule has 1 atom stereocenters. The summed E-state index contributed by atoms with van der Waals surface area (Å²) in [4.78, 5) is 40.8. The summed E-state index contributed by atoms with van der Waals surface area (Å²) >= 11 is 0. The van der Waals surface area contributed by atoms with Gasteiger partial charge >= 0.3 is 6.18 Å². The van der Waals surface area contributed by atoms with Gasteiger partial charge in [-0.15, -0.1) is 0 Å². The molecule has 1 unspecified atom stereocenters. The van der Waals surface area contributed by atoms with Gasteiger partial charge in [0.05, 0.1) is 12.2 Å². The van der Waals surface area contributed by atoms with E-state index in [1.165, 1.54) is 30.5 Å². The maximum absolute atomic E-state index is 12.9. The fourth-order valence-electron chi connectivity index (χ4n) is 3.33. The predicted molar refractivity (Wildman–Crippen MR) is 96.4 cm³/mol. The fraction of sp³-hybridized carbons (Fsp3) is 0.421. The Balaban J connectivity index is 1.75. The second-order valence-electron chi connectivity index (χ2n) is 6.70. The van der Waals surface area contributed by atoms with Crippen LogP contribution in [0.1, 0.15) is 18.4 Å². The van der Waals surface area contributed by atoms with Crippen molar-refractivity contribution in [2.24, 2.45) is 0 Å². The van der Waals surface area contributed by atoms with Crippen molar-refractivity contribution in [1.82, 2.24) is 9.80 Å². The van der Waals surface area contributed by atoms with Crippen LogP contribution in [0.15, 0.2) is 36.7 Å². The number of halogens is 3. The first-order valence-corrected chi connectivity index (χ1v) is 8.99. The molecule has 1 aromatic rings. The normalized spacial score (nSPS) is 18.6. The van der Waals surface area contributed by atoms with Gasteiger partial charge in [0.1, 0.15) is 6.04 Å². The van der Waals surface area contributed by atoms with Crippen LogP contribution in [0, 0.1) is 0 Å². The number of imide groups is 1. The first-order valence-electron chi connectivity index (χ1n) is 8.99. The fourth-order valence-corrected chi connectivity index (χ4v) is 3.33. The van der Waals surface area contributed by atoms with Crippen LogP contribution in [-0.4, -0.2) is 60.4 Å². The number of carbonyl (C=O) groups is 3. The summed E-state index contributed by atoms with van der Waals surface area (Å²) < 4.78 is 43.8. The molecule has 1 fully saturated rings. The first-order chi connectivity index (χ1) is 13.7. The van der Waals surface area contributed by atoms with Gasteiger partial charge in [-0.05, 0) is 18.2 Å². The third-order valence-electron chi connectivity index (χ3n) is 4.81. The molecule has 2 heterocycles. The van der Waals surface area contributed by atoms with E-state index >= 15 is 0 Å². The van der Waals surface area contributed by atoms with Gasteiger partial charge in [0.25, 0.3) is 5.91 Å². The Hall–Kier alpha value is -2.88. The highest BCUT2D eigenvalue weighted by Crippen LogP contribution is 2.32. The highest BCUT2D eigenvalue weighted by molar-refractivity contribution is 6.05. The van der Waals surface area contributed by atoms with Crippen LogP contribution in [0.3, 0.4) is 0 Å². The van der Waals surface area contributed by atoms with Crippen LogP contribution in [0.2, 0.25) is 0 Å². The van der Waals surface area contributed by atoms with Crippen molar-refractivity contribution in [3.63, 3.8) is 0 Å². The largest absolute Gasteiger partial charge is 0.416 e. The topological polar surface area (TPSA) is 70.2 Å². The van der Waals surface area contributed by atoms with E-state index in [0.717, 1.165) is 17.0 Å². The van der Waals surface area contributed by atoms with E-state index < -0.39 is 35.5 Å². The van der Waals surface area contributed by atoms with Crippen LogP contribution in [0.5, 0.6) is 0 Å². The van der Waals surface area contributed by atoms with Crippen molar-refractivity contribution in [1.29, 1.82) is 0 Å². The minimum Gasteiger partial charge on any atom is -0.382 e. The average molecular weight is 411 g/mol. The summed E-state index contributed by atoms with van der Waals surface area (Å²) in [6.07, 6.45) is -1.40. The number of benzene rings is 1. The second-order valence-corrected chi connectivity index (χ2v) is 6.70. The lowest BCUT2D eigenvalue weighted by atomic mass is 10.1. The SMILES string of the molecule is COCC(C(=O)N1C=CN(c2cccc(C(F)(F)F)c2)CC1)N1C(=O)CCC1=O. The van der Waals surface area contributed by atoms with E-state index in [2.05, 4.69) is 0 Å². The number of rotatable bonds is 5. The van der Waals surface area contributed by atoms with E-state index in [1.807, 2.05) is 0 Å². The maximum atomic E-state index is 12.9. The van der Waals surface area contributed by atoms with Crippen LogP contribution >= 0.6 is 0 Å². The summed E-state index contributed by atoms with van der Waals surface area (Å²) in [6, 6.07) is 3.84. The molecular formula is C19H20F3N3O4. The molecule has 7 nitrogen and oxygen atoms in total. The number of alkyl halides is 3. The number of amides is 3. The van der Waals surface area contributed by atoms with Crippen LogP contribution in [0.25, 0.3) is 0 Å². The summed E-state index contributed by atoms with van der Waals surface area (Å²) in [5.74, 6) is -1.32. The Bertz CT molecular complexity index is 824. The number of likely N-dealkylation sites (tertiary alicyclic amines) is 1. The van der Waals surface area contributed by atoms with E-state index in [9.17, 15) is 27.6 Å². The first kappa shape index (κ1) is 20.8. The van der Waals surface area contributed by atoms with Crippen molar-refractivity contribution >= 4 is 23.4 Å². The molecule has 29 heavy (non-hydrogen) atoms. The lowest BCUT2D eigenvalue weighted by molar-refractivity contribution is -0.151. The van der Waals surface area contributed by atoms with Crippen molar-refractivity contribution in [3.8, 4) is 0 Å². The summed E-state index contributed by atoms with van der Waals surface area (Å²) in [5.41, 5.74) is -0.408. The van der Waals surface area contributed by atoms with Gasteiger partial charge in [-0.3, -0.25) is 19.3 Å². The summed E-state index contributed by atoms with van der Waals surface area (Å²) in [7, 11) is 1.37. The molecule has 2 aliphatic rings. The molecule has 0 aromatic heterocycles. The molecular weight excluding hydrogens is 391 g/mol. The number of hydrogen-bond donors (Lipinski definition) is 0. The highest BCUT2D eigenvalue weighted by atomic mass is 19.4. The number of methoxy groups -OCH3 is 1. The Morgan fingerprint density at radius 3 is 2.38 bits per heavy atom. The number of hydrogen-bond acceptors (Lipinski definition) is 5. The zero-order valence-electron chi connectivity index (χ0n) is 15.7. The number of ether oxygens (including phenoxy) is 1. The second kappa shape index (κ2) is 8.24. The predicted octanol–water partition coefficient (Wildman–Crippen LogP) is 1.99. The minimum atomic E-state index is -4.44. The van der Waals surface area contributed by atoms with Gasteiger partial charge in [-0.2, -0.15) is 13.2 Å². The third kappa shape index (κ3) is 4.42. The average Bonchev–Trinajstić information content (AvgIpc) is 3.03. The van der Waals surface area contributed by atoms with Crippen molar-refractivity contribution in [2.75, 3.05) is 31.7 Å². The van der Waals surface area contributed by atoms with Gasteiger partial charge in [-0.25, -0.2) is 0 Å². The smallest absolute Gasteiger partial charge is 0.382 e. The molecule has 0 spiro atoms. The molecule has 0 saturated carbocycles. The molecule has 0 N–H and O–H groups in total. The molecule has 1 aromatic carbocycles. The number of anilines is 1. The molecule has 0 aliphatic carbocycles. The van der Waals surface area contributed by atoms with Gasteiger partial charge in [-0.1, -0.05) is 6.07 Å². The summed E-state index contributed by atoms with van der Waals surface area (Å²) in [5, 5.41) is 0. The third-order valence-corrected chi connectivity index (χ3v) is 4.81. The zero-order valence-corrected chi connectivity index (χ0v) is 15.7. The zero-order chi connectivity index (χ0) is 21.2. The number of nitrogens with zero attached hydrogens (tertiary/aromatic N) is 3. The standard InChI is InChI=1S/C19H20F3N3O4/c1-29-12-15(25-16(26)5-6-17(25)27)18(28)24-9-7-23(8-10-24)14-4-2-3-13(11-14)19(20,21)22/h2-4,7,9,11,15H,5-6,8,10,12H2,1H3. The lowest BCUT2D eigenvalue weighted by Gasteiger charge is -2.34. The highest BCUT2D eigenvalue weighted by Gasteiger charge is 2.40. The van der Waals surface area contributed by atoms with E-state index in [-0.39, 0.29) is 32.5 Å². The Morgan fingerprint density at radius 1 is 1.14 bits per heavy atom. The molecule has 0 radical (unpaired) electrons. The Kier molecular flexibility index (Phi) is 5.92. The van der Waals surface area contributed by atoms with E-state index in [0.29, 0.717) is 5.69 Å². The molecule has 3 rings (SSSR count). The molecule has 1 saturated heterocycles. The van der Waals surface area contributed by atoms with Crippen LogP contribution < -0.4 is 4.90 Å². The van der Waals surface area contributed by atoms with Gasteiger partial charge in [0.15, 0.2) is 0 Å². The molecule has 156 valence electrons. The monoisotopic (exact) mass is 411 g/mol. The quantitative estimate of drug-likeness (QED) is 0.694. The Morgan fingerprint density at radius 2 is 1.83 bits per heavy atom. The molecule has 2 aliphatic heterocycles. The van der Waals surface area contributed by atoms with Crippen molar-refractivity contribution in [3.05, 3.63) is 42.2 Å². The van der Waals surface area contributed by atoms with E-state index in [1.54, 1.807) is 11.0 Å². The van der Waals surface area contributed by atoms with Crippen molar-refractivity contribution in [2.45, 2.75) is 25.1 Å². The van der Waals surface area contributed by atoms with E-state index in [4.69, 9.17) is 4.74 Å². The van der Waals surface area contributed by atoms with Gasteiger partial charge in [0, 0.05) is 51.1 Å². The number of carbonyl (C=O) groups excluding carboxylic acids is 3.